The minimum Gasteiger partial charge on any atom is -0.497 e. The van der Waals surface area contributed by atoms with Gasteiger partial charge in [0.1, 0.15) is 17.7 Å². The third-order valence-electron chi connectivity index (χ3n) is 6.28. The average molecular weight is 535 g/mol. The van der Waals surface area contributed by atoms with Gasteiger partial charge in [-0.1, -0.05) is 38.7 Å². The molecule has 3 rings (SSSR count). The van der Waals surface area contributed by atoms with Gasteiger partial charge in [0.05, 0.1) is 27.9 Å². The Hall–Kier alpha value is -4.20. The Bertz CT molecular complexity index is 1130. The first-order chi connectivity index (χ1) is 19.0. The second-order valence-corrected chi connectivity index (χ2v) is 9.01. The largest absolute Gasteiger partial charge is 0.497 e. The number of amides is 2. The highest BCUT2D eigenvalue weighted by Crippen LogP contribution is 2.30. The van der Waals surface area contributed by atoms with E-state index in [1.54, 1.807) is 88.1 Å². The molecule has 0 saturated carbocycles. The van der Waals surface area contributed by atoms with Crippen LogP contribution < -0.4 is 29.6 Å². The fourth-order valence-electron chi connectivity index (χ4n) is 3.99. The minimum absolute atomic E-state index is 0.355. The van der Waals surface area contributed by atoms with Crippen LogP contribution in [0.4, 0.5) is 0 Å². The Labute approximate surface area is 230 Å². The van der Waals surface area contributed by atoms with Gasteiger partial charge in [0.15, 0.2) is 11.5 Å². The molecule has 0 atom stereocenters. The molecule has 0 saturated heterocycles. The molecule has 0 bridgehead atoms. The summed E-state index contributed by atoms with van der Waals surface area (Å²) in [6.07, 6.45) is 4.75. The van der Waals surface area contributed by atoms with Crippen LogP contribution in [0.1, 0.15) is 71.5 Å². The Kier molecular flexibility index (Phi) is 11.5. The highest BCUT2D eigenvalue weighted by atomic mass is 16.5. The number of rotatable bonds is 15. The van der Waals surface area contributed by atoms with Crippen LogP contribution in [-0.4, -0.2) is 39.8 Å². The third-order valence-corrected chi connectivity index (χ3v) is 6.28. The first kappa shape index (κ1) is 29.4. The van der Waals surface area contributed by atoms with Gasteiger partial charge >= 0.3 is 0 Å². The zero-order chi connectivity index (χ0) is 28.0. The molecule has 208 valence electrons. The minimum atomic E-state index is -0.841. The highest BCUT2D eigenvalue weighted by molar-refractivity contribution is 5.97. The molecule has 0 aromatic heterocycles. The number of carbonyl (C=O) groups excluding carboxylic acids is 2. The van der Waals surface area contributed by atoms with E-state index in [0.29, 0.717) is 46.3 Å². The van der Waals surface area contributed by atoms with Crippen molar-refractivity contribution in [2.45, 2.75) is 45.2 Å². The number of methoxy groups -OCH3 is 3. The van der Waals surface area contributed by atoms with E-state index in [-0.39, 0.29) is 11.8 Å². The van der Waals surface area contributed by atoms with Crippen molar-refractivity contribution < 1.29 is 28.5 Å². The van der Waals surface area contributed by atoms with Crippen molar-refractivity contribution in [2.75, 3.05) is 27.9 Å². The molecule has 8 nitrogen and oxygen atoms in total. The average Bonchev–Trinajstić information content (AvgIpc) is 2.98. The summed E-state index contributed by atoms with van der Waals surface area (Å²) in [5.74, 6) is 1.70. The maximum absolute atomic E-state index is 13.2. The first-order valence-electron chi connectivity index (χ1n) is 13.2. The molecule has 2 N–H and O–H groups in total. The van der Waals surface area contributed by atoms with Gasteiger partial charge < -0.3 is 29.6 Å². The molecule has 8 heteroatoms. The van der Waals surface area contributed by atoms with E-state index in [1.807, 2.05) is 0 Å². The van der Waals surface area contributed by atoms with Gasteiger partial charge in [0.2, 0.25) is 0 Å². The second-order valence-electron chi connectivity index (χ2n) is 9.01. The number of nitrogens with one attached hydrogen (secondary N) is 2. The molecule has 3 aromatic rings. The summed E-state index contributed by atoms with van der Waals surface area (Å²) in [4.78, 5) is 26.3. The Morgan fingerprint density at radius 3 is 1.69 bits per heavy atom. The second kappa shape index (κ2) is 15.3. The molecule has 0 radical (unpaired) electrons. The Balaban J connectivity index is 1.83. The van der Waals surface area contributed by atoms with Crippen LogP contribution >= 0.6 is 0 Å². The van der Waals surface area contributed by atoms with Crippen LogP contribution in [0.3, 0.4) is 0 Å². The number of benzene rings is 3. The van der Waals surface area contributed by atoms with Crippen LogP contribution in [0, 0.1) is 0 Å². The predicted octanol–water partition coefficient (Wildman–Crippen LogP) is 5.92. The molecule has 0 fully saturated rings. The summed E-state index contributed by atoms with van der Waals surface area (Å²) < 4.78 is 21.9. The summed E-state index contributed by atoms with van der Waals surface area (Å²) in [5, 5.41) is 5.87. The zero-order valence-electron chi connectivity index (χ0n) is 23.1. The van der Waals surface area contributed by atoms with E-state index < -0.39 is 6.17 Å². The lowest BCUT2D eigenvalue weighted by Crippen LogP contribution is -2.41. The van der Waals surface area contributed by atoms with Crippen molar-refractivity contribution >= 4 is 11.8 Å². The summed E-state index contributed by atoms with van der Waals surface area (Å²) >= 11 is 0. The van der Waals surface area contributed by atoms with Gasteiger partial charge in [-0.15, -0.1) is 0 Å². The molecular formula is C31H38N2O6. The number of unbranched alkanes of at least 4 members (excludes halogenated alkanes) is 4. The zero-order valence-corrected chi connectivity index (χ0v) is 23.1. The van der Waals surface area contributed by atoms with Crippen molar-refractivity contribution in [3.05, 3.63) is 83.4 Å². The summed E-state index contributed by atoms with van der Waals surface area (Å²) in [6.45, 7) is 2.73. The lowest BCUT2D eigenvalue weighted by atomic mass is 10.1. The molecule has 2 amide bonds. The molecular weight excluding hydrogens is 496 g/mol. The van der Waals surface area contributed by atoms with Gasteiger partial charge in [0, 0.05) is 11.1 Å². The van der Waals surface area contributed by atoms with Crippen LogP contribution in [0.2, 0.25) is 0 Å². The number of ether oxygens (including phenoxy) is 4. The molecule has 3 aromatic carbocycles. The lowest BCUT2D eigenvalue weighted by Gasteiger charge is -2.22. The molecule has 0 unspecified atom stereocenters. The van der Waals surface area contributed by atoms with E-state index in [0.717, 1.165) is 12.8 Å². The Morgan fingerprint density at radius 1 is 0.667 bits per heavy atom. The van der Waals surface area contributed by atoms with Crippen molar-refractivity contribution in [2.24, 2.45) is 0 Å². The van der Waals surface area contributed by atoms with Crippen LogP contribution in [0.5, 0.6) is 23.0 Å². The smallest absolute Gasteiger partial charge is 0.253 e. The highest BCUT2D eigenvalue weighted by Gasteiger charge is 2.21. The summed E-state index contributed by atoms with van der Waals surface area (Å²) in [6, 6.07) is 18.8. The number of hydrogen-bond donors (Lipinski definition) is 2. The topological polar surface area (TPSA) is 95.1 Å². The van der Waals surface area contributed by atoms with Gasteiger partial charge in [-0.2, -0.15) is 0 Å². The number of hydrogen-bond acceptors (Lipinski definition) is 6. The van der Waals surface area contributed by atoms with Gasteiger partial charge in [0.25, 0.3) is 11.8 Å². The lowest BCUT2D eigenvalue weighted by molar-refractivity contribution is 0.0883. The molecule has 0 aliphatic rings. The standard InChI is InChI=1S/C31H38N2O6/c1-5-6-7-8-9-20-39-28-21-24(14-19-27(28)38-4)29(32-30(34)22-10-15-25(36-2)16-11-22)33-31(35)23-12-17-26(37-3)18-13-23/h10-19,21,29H,5-9,20H2,1-4H3,(H,32,34)(H,33,35). The Morgan fingerprint density at radius 2 is 1.21 bits per heavy atom. The predicted molar refractivity (Wildman–Crippen MR) is 151 cm³/mol. The quantitative estimate of drug-likeness (QED) is 0.186. The number of carbonyl (C=O) groups is 2. The maximum Gasteiger partial charge on any atom is 0.253 e. The van der Waals surface area contributed by atoms with Crippen molar-refractivity contribution in [1.29, 1.82) is 0 Å². The molecule has 0 spiro atoms. The van der Waals surface area contributed by atoms with E-state index in [1.165, 1.54) is 19.3 Å². The van der Waals surface area contributed by atoms with Gasteiger partial charge in [-0.3, -0.25) is 9.59 Å². The summed E-state index contributed by atoms with van der Waals surface area (Å²) in [5.41, 5.74) is 1.49. The molecule has 0 aliphatic carbocycles. The molecule has 0 heterocycles. The normalized spacial score (nSPS) is 10.6. The van der Waals surface area contributed by atoms with Crippen LogP contribution in [0.15, 0.2) is 66.7 Å². The third kappa shape index (κ3) is 8.67. The van der Waals surface area contributed by atoms with Crippen molar-refractivity contribution in [3.8, 4) is 23.0 Å². The SMILES string of the molecule is CCCCCCCOc1cc(C(NC(=O)c2ccc(OC)cc2)NC(=O)c2ccc(OC)cc2)ccc1OC. The van der Waals surface area contributed by atoms with E-state index in [4.69, 9.17) is 18.9 Å². The van der Waals surface area contributed by atoms with E-state index >= 15 is 0 Å². The van der Waals surface area contributed by atoms with Gasteiger partial charge in [-0.05, 0) is 72.6 Å². The van der Waals surface area contributed by atoms with Crippen LogP contribution in [-0.2, 0) is 0 Å². The van der Waals surface area contributed by atoms with Crippen LogP contribution in [0.25, 0.3) is 0 Å². The van der Waals surface area contributed by atoms with Crippen molar-refractivity contribution in [3.63, 3.8) is 0 Å². The van der Waals surface area contributed by atoms with Gasteiger partial charge in [-0.25, -0.2) is 0 Å². The maximum atomic E-state index is 13.2. The fraction of sp³-hybridized carbons (Fsp3) is 0.355. The van der Waals surface area contributed by atoms with Crippen molar-refractivity contribution in [1.82, 2.24) is 10.6 Å². The van der Waals surface area contributed by atoms with E-state index in [9.17, 15) is 9.59 Å². The molecule has 39 heavy (non-hydrogen) atoms. The van der Waals surface area contributed by atoms with E-state index in [2.05, 4.69) is 17.6 Å². The first-order valence-corrected chi connectivity index (χ1v) is 13.2. The molecule has 0 aliphatic heterocycles. The fourth-order valence-corrected chi connectivity index (χ4v) is 3.99. The monoisotopic (exact) mass is 534 g/mol. The summed E-state index contributed by atoms with van der Waals surface area (Å²) in [7, 11) is 4.71.